The number of carbonyl (C=O) groups is 2. The molecule has 7 nitrogen and oxygen atoms in total. The number of nitro groups is 1. The Morgan fingerprint density at radius 3 is 2.47 bits per heavy atom. The van der Waals surface area contributed by atoms with E-state index in [-0.39, 0.29) is 35.2 Å². The molecule has 0 heterocycles. The van der Waals surface area contributed by atoms with E-state index >= 15 is 0 Å². The Kier molecular flexibility index (Phi) is 4.57. The number of amides is 1. The van der Waals surface area contributed by atoms with Crippen LogP contribution in [0.3, 0.4) is 0 Å². The largest absolute Gasteiger partial charge is 0.371 e. The van der Waals surface area contributed by atoms with Gasteiger partial charge in [0.15, 0.2) is 5.78 Å². The Morgan fingerprint density at radius 1 is 1.37 bits per heavy atom. The highest BCUT2D eigenvalue weighted by molar-refractivity contribution is 5.95. The number of benzene rings is 1. The van der Waals surface area contributed by atoms with Crippen LogP contribution in [0.2, 0.25) is 0 Å². The normalized spacial score (nSPS) is 9.84. The van der Waals surface area contributed by atoms with Crippen LogP contribution in [0.5, 0.6) is 0 Å². The first kappa shape index (κ1) is 14.6. The Morgan fingerprint density at radius 2 is 2.00 bits per heavy atom. The van der Waals surface area contributed by atoms with Gasteiger partial charge in [0.1, 0.15) is 5.69 Å². The Hall–Kier alpha value is -2.44. The van der Waals surface area contributed by atoms with Crippen molar-refractivity contribution in [3.63, 3.8) is 0 Å². The zero-order valence-corrected chi connectivity index (χ0v) is 11.0. The topological polar surface area (TPSA) is 92.6 Å². The summed E-state index contributed by atoms with van der Waals surface area (Å²) in [6.45, 7) is 1.29. The van der Waals surface area contributed by atoms with Crippen LogP contribution in [-0.4, -0.2) is 42.2 Å². The molecule has 0 unspecified atom stereocenters. The van der Waals surface area contributed by atoms with Crippen molar-refractivity contribution < 1.29 is 14.5 Å². The summed E-state index contributed by atoms with van der Waals surface area (Å²) in [5, 5.41) is 13.6. The second kappa shape index (κ2) is 5.94. The number of likely N-dealkylation sites (N-methyl/N-ethyl adjacent to an activating group) is 1. The lowest BCUT2D eigenvalue weighted by atomic mass is 10.1. The first-order valence-corrected chi connectivity index (χ1v) is 5.56. The third-order valence-corrected chi connectivity index (χ3v) is 2.53. The van der Waals surface area contributed by atoms with Crippen LogP contribution in [0.1, 0.15) is 17.3 Å². The maximum Gasteiger partial charge on any atom is 0.293 e. The summed E-state index contributed by atoms with van der Waals surface area (Å²) >= 11 is 0. The summed E-state index contributed by atoms with van der Waals surface area (Å²) in [5.41, 5.74) is 0.251. The molecule has 1 N–H and O–H groups in total. The number of nitrogens with zero attached hydrogens (tertiary/aromatic N) is 2. The lowest BCUT2D eigenvalue weighted by Crippen LogP contribution is -2.28. The first-order valence-electron chi connectivity index (χ1n) is 5.56. The second-order valence-corrected chi connectivity index (χ2v) is 4.19. The number of Topliss-reactive ketones (excluding diaryl/α,β-unsaturated/α-hetero) is 1. The van der Waals surface area contributed by atoms with Crippen LogP contribution in [0.4, 0.5) is 11.4 Å². The first-order chi connectivity index (χ1) is 8.82. The van der Waals surface area contributed by atoms with Gasteiger partial charge in [-0.3, -0.25) is 19.7 Å². The highest BCUT2D eigenvalue weighted by Crippen LogP contribution is 2.25. The van der Waals surface area contributed by atoms with Crippen molar-refractivity contribution in [1.29, 1.82) is 0 Å². The molecule has 7 heteroatoms. The second-order valence-electron chi connectivity index (χ2n) is 4.19. The fourth-order valence-corrected chi connectivity index (χ4v) is 1.38. The summed E-state index contributed by atoms with van der Waals surface area (Å²) in [5.74, 6) is -0.455. The smallest absolute Gasteiger partial charge is 0.293 e. The molecule has 0 aliphatic carbocycles. The van der Waals surface area contributed by atoms with Crippen LogP contribution >= 0.6 is 0 Å². The highest BCUT2D eigenvalue weighted by atomic mass is 16.6. The Bertz CT molecular complexity index is 526. The molecule has 1 aromatic carbocycles. The van der Waals surface area contributed by atoms with E-state index in [0.717, 1.165) is 0 Å². The fourth-order valence-electron chi connectivity index (χ4n) is 1.38. The minimum atomic E-state index is -0.588. The molecule has 0 bridgehead atoms. The summed E-state index contributed by atoms with van der Waals surface area (Å²) in [4.78, 5) is 34.3. The predicted octanol–water partition coefficient (Wildman–Crippen LogP) is 1.30. The minimum absolute atomic E-state index is 0.0484. The van der Waals surface area contributed by atoms with Gasteiger partial charge in [-0.1, -0.05) is 0 Å². The van der Waals surface area contributed by atoms with Gasteiger partial charge in [-0.2, -0.15) is 0 Å². The van der Waals surface area contributed by atoms with Crippen LogP contribution in [0.25, 0.3) is 0 Å². The molecule has 19 heavy (non-hydrogen) atoms. The summed E-state index contributed by atoms with van der Waals surface area (Å²) in [6, 6.07) is 4.11. The predicted molar refractivity (Wildman–Crippen MR) is 70.3 cm³/mol. The summed E-state index contributed by atoms with van der Waals surface area (Å²) < 4.78 is 0. The molecule has 0 radical (unpaired) electrons. The highest BCUT2D eigenvalue weighted by Gasteiger charge is 2.16. The molecule has 0 fully saturated rings. The van der Waals surface area contributed by atoms with E-state index in [1.807, 2.05) is 0 Å². The molecule has 0 atom stereocenters. The van der Waals surface area contributed by atoms with Crippen LogP contribution in [-0.2, 0) is 4.79 Å². The molecule has 1 aromatic rings. The standard InChI is InChI=1S/C12H15N3O4/c1-8(16)9-4-5-10(11(6-9)15(18)19)13-7-12(17)14(2)3/h4-6,13H,7H2,1-3H3. The molecule has 0 saturated carbocycles. The molecule has 102 valence electrons. The van der Waals surface area contributed by atoms with Crippen molar-refractivity contribution in [1.82, 2.24) is 4.90 Å². The van der Waals surface area contributed by atoms with E-state index in [1.54, 1.807) is 14.1 Å². The maximum atomic E-state index is 11.4. The van der Waals surface area contributed by atoms with Crippen LogP contribution in [0, 0.1) is 10.1 Å². The summed E-state index contributed by atoms with van der Waals surface area (Å²) in [6.07, 6.45) is 0. The van der Waals surface area contributed by atoms with Gasteiger partial charge in [0.2, 0.25) is 5.91 Å². The van der Waals surface area contributed by atoms with E-state index in [2.05, 4.69) is 5.32 Å². The van der Waals surface area contributed by atoms with Gasteiger partial charge in [0.25, 0.3) is 5.69 Å². The zero-order valence-electron chi connectivity index (χ0n) is 11.0. The average molecular weight is 265 g/mol. The molecule has 0 aliphatic heterocycles. The van der Waals surface area contributed by atoms with Gasteiger partial charge < -0.3 is 10.2 Å². The average Bonchev–Trinajstić information content (AvgIpc) is 2.35. The number of nitro benzene ring substituents is 1. The van der Waals surface area contributed by atoms with E-state index in [0.29, 0.717) is 0 Å². The lowest BCUT2D eigenvalue weighted by molar-refractivity contribution is -0.384. The van der Waals surface area contributed by atoms with E-state index in [1.165, 1.54) is 30.0 Å². The van der Waals surface area contributed by atoms with E-state index < -0.39 is 4.92 Å². The quantitative estimate of drug-likeness (QED) is 0.492. The van der Waals surface area contributed by atoms with Crippen molar-refractivity contribution in [2.24, 2.45) is 0 Å². The monoisotopic (exact) mass is 265 g/mol. The molecule has 0 aliphatic rings. The Labute approximate surface area is 110 Å². The van der Waals surface area contributed by atoms with Gasteiger partial charge in [-0.05, 0) is 19.1 Å². The van der Waals surface area contributed by atoms with E-state index in [4.69, 9.17) is 0 Å². The number of rotatable bonds is 5. The number of anilines is 1. The van der Waals surface area contributed by atoms with Crippen molar-refractivity contribution in [2.75, 3.05) is 26.0 Å². The lowest BCUT2D eigenvalue weighted by Gasteiger charge is -2.12. The van der Waals surface area contributed by atoms with Crippen molar-refractivity contribution in [3.8, 4) is 0 Å². The third kappa shape index (κ3) is 3.77. The van der Waals surface area contributed by atoms with Gasteiger partial charge in [0.05, 0.1) is 11.5 Å². The number of hydrogen-bond donors (Lipinski definition) is 1. The number of ketones is 1. The molecule has 0 spiro atoms. The molecule has 1 rings (SSSR count). The Balaban J connectivity index is 2.98. The molecule has 0 saturated heterocycles. The van der Waals surface area contributed by atoms with Crippen LogP contribution < -0.4 is 5.32 Å². The number of carbonyl (C=O) groups excluding carboxylic acids is 2. The zero-order chi connectivity index (χ0) is 14.6. The van der Waals surface area contributed by atoms with Gasteiger partial charge >= 0.3 is 0 Å². The van der Waals surface area contributed by atoms with Gasteiger partial charge in [-0.25, -0.2) is 0 Å². The molecule has 1 amide bonds. The molecular formula is C12H15N3O4. The molecular weight excluding hydrogens is 250 g/mol. The van der Waals surface area contributed by atoms with Gasteiger partial charge in [-0.15, -0.1) is 0 Å². The SMILES string of the molecule is CC(=O)c1ccc(NCC(=O)N(C)C)c([N+](=O)[O-])c1. The summed E-state index contributed by atoms with van der Waals surface area (Å²) in [7, 11) is 3.19. The van der Waals surface area contributed by atoms with Crippen molar-refractivity contribution in [3.05, 3.63) is 33.9 Å². The van der Waals surface area contributed by atoms with Gasteiger partial charge in [0, 0.05) is 25.7 Å². The van der Waals surface area contributed by atoms with E-state index in [9.17, 15) is 19.7 Å². The number of hydrogen-bond acceptors (Lipinski definition) is 5. The minimum Gasteiger partial charge on any atom is -0.371 e. The number of nitrogens with one attached hydrogen (secondary N) is 1. The molecule has 0 aromatic heterocycles. The maximum absolute atomic E-state index is 11.4. The van der Waals surface area contributed by atoms with Crippen molar-refractivity contribution in [2.45, 2.75) is 6.92 Å². The van der Waals surface area contributed by atoms with Crippen LogP contribution in [0.15, 0.2) is 18.2 Å². The fraction of sp³-hybridized carbons (Fsp3) is 0.333. The third-order valence-electron chi connectivity index (χ3n) is 2.53. The van der Waals surface area contributed by atoms with Crippen molar-refractivity contribution >= 4 is 23.1 Å².